The second-order valence-electron chi connectivity index (χ2n) is 8.42. The summed E-state index contributed by atoms with van der Waals surface area (Å²) in [5.41, 5.74) is 5.28. The van der Waals surface area contributed by atoms with E-state index in [0.29, 0.717) is 32.3 Å². The zero-order chi connectivity index (χ0) is 28.9. The van der Waals surface area contributed by atoms with Crippen molar-refractivity contribution < 1.29 is 31.8 Å². The number of aliphatic imine (C=N–C) groups is 3. The van der Waals surface area contributed by atoms with Gasteiger partial charge < -0.3 is 30.7 Å². The van der Waals surface area contributed by atoms with Gasteiger partial charge in [-0.2, -0.15) is 13.2 Å². The molecule has 2 aromatic carbocycles. The van der Waals surface area contributed by atoms with E-state index in [-0.39, 0.29) is 34.2 Å². The number of nitrogens with one attached hydrogen (secondary N) is 2. The second kappa shape index (κ2) is 12.0. The first-order chi connectivity index (χ1) is 19.1. The maximum Gasteiger partial charge on any atom is 0.420 e. The van der Waals surface area contributed by atoms with E-state index in [4.69, 9.17) is 15.2 Å². The molecule has 14 heteroatoms. The van der Waals surface area contributed by atoms with Crippen molar-refractivity contribution in [2.75, 3.05) is 44.0 Å². The molecule has 1 amide bonds. The Labute approximate surface area is 226 Å². The number of benzene rings is 2. The third kappa shape index (κ3) is 6.46. The fourth-order valence-corrected chi connectivity index (χ4v) is 3.85. The Morgan fingerprint density at radius 2 is 1.95 bits per heavy atom. The molecule has 1 saturated heterocycles. The average molecular weight is 560 g/mol. The maximum atomic E-state index is 14.7. The van der Waals surface area contributed by atoms with Gasteiger partial charge in [0.1, 0.15) is 28.8 Å². The molecule has 4 rings (SSSR count). The van der Waals surface area contributed by atoms with Crippen molar-refractivity contribution in [1.29, 1.82) is 0 Å². The van der Waals surface area contributed by atoms with Crippen LogP contribution in [-0.2, 0) is 10.9 Å². The van der Waals surface area contributed by atoms with Gasteiger partial charge in [-0.05, 0) is 36.4 Å². The van der Waals surface area contributed by atoms with Gasteiger partial charge in [0.25, 0.3) is 5.91 Å². The van der Waals surface area contributed by atoms with E-state index in [0.717, 1.165) is 25.3 Å². The SMILES string of the molecule is C=C/N=C1/C=NC(N2CCOCC2)=N/C1=C(/N)Nc1cc(C(=O)Nc2ccc(OC)c(C(F)(F)F)c2)ccc1F. The van der Waals surface area contributed by atoms with Crippen molar-refractivity contribution >= 4 is 35.2 Å². The van der Waals surface area contributed by atoms with Gasteiger partial charge in [-0.25, -0.2) is 14.4 Å². The molecule has 0 atom stereocenters. The number of hydrogen-bond donors (Lipinski definition) is 3. The van der Waals surface area contributed by atoms with Crippen LogP contribution >= 0.6 is 0 Å². The molecule has 0 unspecified atom stereocenters. The van der Waals surface area contributed by atoms with Gasteiger partial charge in [-0.1, -0.05) is 6.58 Å². The van der Waals surface area contributed by atoms with Gasteiger partial charge in [0, 0.05) is 30.5 Å². The predicted molar refractivity (Wildman–Crippen MR) is 143 cm³/mol. The highest BCUT2D eigenvalue weighted by molar-refractivity contribution is 6.41. The number of anilines is 2. The third-order valence-electron chi connectivity index (χ3n) is 5.80. The minimum Gasteiger partial charge on any atom is -0.496 e. The predicted octanol–water partition coefficient (Wildman–Crippen LogP) is 4.00. The molecule has 2 aliphatic heterocycles. The lowest BCUT2D eigenvalue weighted by molar-refractivity contribution is -0.138. The Kier molecular flexibility index (Phi) is 8.48. The molecule has 2 aliphatic rings. The molecule has 210 valence electrons. The van der Waals surface area contributed by atoms with Crippen LogP contribution in [0.3, 0.4) is 0 Å². The number of rotatable bonds is 6. The van der Waals surface area contributed by atoms with Crippen LogP contribution in [0.5, 0.6) is 5.75 Å². The van der Waals surface area contributed by atoms with E-state index in [9.17, 15) is 22.4 Å². The third-order valence-corrected chi connectivity index (χ3v) is 5.80. The zero-order valence-corrected chi connectivity index (χ0v) is 21.3. The topological polar surface area (TPSA) is 126 Å². The van der Waals surface area contributed by atoms with Crippen molar-refractivity contribution in [2.24, 2.45) is 20.7 Å². The summed E-state index contributed by atoms with van der Waals surface area (Å²) in [7, 11) is 1.11. The lowest BCUT2D eigenvalue weighted by Crippen LogP contribution is -2.41. The number of allylic oxidation sites excluding steroid dienone is 1. The minimum atomic E-state index is -4.70. The summed E-state index contributed by atoms with van der Waals surface area (Å²) in [5, 5.41) is 5.08. The summed E-state index contributed by atoms with van der Waals surface area (Å²) >= 11 is 0. The van der Waals surface area contributed by atoms with E-state index in [2.05, 4.69) is 32.2 Å². The minimum absolute atomic E-state index is 0.0474. The standard InChI is InChI=1S/C26H25F4N7O3/c1-3-32-20-14-33-25(37-8-10-40-11-9-37)36-22(20)23(31)35-19-12-15(4-6-18(19)27)24(38)34-16-5-7-21(39-2)17(13-16)26(28,29)30/h3-7,12-14,35H,1,8-11,31H2,2H3,(H,34,38)/b23-22-,32-20-. The molecule has 0 saturated carbocycles. The fraction of sp³-hybridized carbons (Fsp3) is 0.231. The first-order valence-corrected chi connectivity index (χ1v) is 11.9. The quantitative estimate of drug-likeness (QED) is 0.460. The van der Waals surface area contributed by atoms with Crippen molar-refractivity contribution in [2.45, 2.75) is 6.18 Å². The number of carbonyl (C=O) groups is 1. The van der Waals surface area contributed by atoms with Crippen LogP contribution in [0.25, 0.3) is 0 Å². The normalized spacial score (nSPS) is 17.8. The summed E-state index contributed by atoms with van der Waals surface area (Å²) < 4.78 is 64.9. The summed E-state index contributed by atoms with van der Waals surface area (Å²) in [6, 6.07) is 6.46. The molecule has 0 aromatic heterocycles. The molecule has 0 aliphatic carbocycles. The number of morpholine rings is 1. The zero-order valence-electron chi connectivity index (χ0n) is 21.3. The number of halogens is 4. The average Bonchev–Trinajstić information content (AvgIpc) is 2.94. The maximum absolute atomic E-state index is 14.7. The molecule has 1 fully saturated rings. The van der Waals surface area contributed by atoms with Crippen molar-refractivity contribution in [3.63, 3.8) is 0 Å². The number of nitrogens with two attached hydrogens (primary N) is 1. The summed E-state index contributed by atoms with van der Waals surface area (Å²) in [6.45, 7) is 5.70. The van der Waals surface area contributed by atoms with E-state index < -0.39 is 29.2 Å². The largest absolute Gasteiger partial charge is 0.496 e. The number of alkyl halides is 3. The van der Waals surface area contributed by atoms with Gasteiger partial charge in [0.05, 0.1) is 37.8 Å². The first kappa shape index (κ1) is 28.3. The highest BCUT2D eigenvalue weighted by Crippen LogP contribution is 2.37. The van der Waals surface area contributed by atoms with Crippen molar-refractivity contribution in [3.8, 4) is 5.75 Å². The first-order valence-electron chi connectivity index (χ1n) is 11.9. The van der Waals surface area contributed by atoms with Crippen LogP contribution in [0.1, 0.15) is 15.9 Å². The van der Waals surface area contributed by atoms with Crippen LogP contribution in [-0.4, -0.2) is 62.1 Å². The van der Waals surface area contributed by atoms with Gasteiger partial charge in [0.15, 0.2) is 0 Å². The van der Waals surface area contributed by atoms with E-state index in [1.807, 2.05) is 4.90 Å². The molecule has 4 N–H and O–H groups in total. The van der Waals surface area contributed by atoms with E-state index in [1.54, 1.807) is 0 Å². The molecule has 0 spiro atoms. The van der Waals surface area contributed by atoms with Crippen LogP contribution in [0.2, 0.25) is 0 Å². The van der Waals surface area contributed by atoms with E-state index >= 15 is 0 Å². The van der Waals surface area contributed by atoms with Gasteiger partial charge in [-0.15, -0.1) is 0 Å². The number of hydrogen-bond acceptors (Lipinski definition) is 9. The smallest absolute Gasteiger partial charge is 0.420 e. The number of guanidine groups is 1. The molecule has 10 nitrogen and oxygen atoms in total. The monoisotopic (exact) mass is 559 g/mol. The molecular weight excluding hydrogens is 534 g/mol. The lowest BCUT2D eigenvalue weighted by atomic mass is 10.1. The van der Waals surface area contributed by atoms with Gasteiger partial charge >= 0.3 is 6.18 Å². The number of amides is 1. The Bertz CT molecular complexity index is 1430. The summed E-state index contributed by atoms with van der Waals surface area (Å²) in [4.78, 5) is 27.6. The second-order valence-corrected chi connectivity index (χ2v) is 8.42. The van der Waals surface area contributed by atoms with Gasteiger partial charge in [-0.3, -0.25) is 9.79 Å². The number of nitrogens with zero attached hydrogens (tertiary/aromatic N) is 4. The molecule has 0 radical (unpaired) electrons. The van der Waals surface area contributed by atoms with Crippen molar-refractivity contribution in [3.05, 3.63) is 77.6 Å². The molecular formula is C26H25F4N7O3. The van der Waals surface area contributed by atoms with Crippen molar-refractivity contribution in [1.82, 2.24) is 4.90 Å². The Morgan fingerprint density at radius 3 is 2.62 bits per heavy atom. The van der Waals surface area contributed by atoms with Crippen LogP contribution < -0.4 is 21.1 Å². The summed E-state index contributed by atoms with van der Waals surface area (Å²) in [6.07, 6.45) is -1.97. The number of ether oxygens (including phenoxy) is 2. The number of methoxy groups -OCH3 is 1. The van der Waals surface area contributed by atoms with Gasteiger partial charge in [0.2, 0.25) is 5.96 Å². The summed E-state index contributed by atoms with van der Waals surface area (Å²) in [5.74, 6) is -1.63. The van der Waals surface area contributed by atoms with Crippen LogP contribution in [0.4, 0.5) is 28.9 Å². The molecule has 2 aromatic rings. The Balaban J connectivity index is 1.60. The molecule has 2 heterocycles. The molecule has 40 heavy (non-hydrogen) atoms. The molecule has 0 bridgehead atoms. The number of carbonyl (C=O) groups excluding carboxylic acids is 1. The fourth-order valence-electron chi connectivity index (χ4n) is 3.85. The Hall–Kier alpha value is -4.72. The highest BCUT2D eigenvalue weighted by Gasteiger charge is 2.34. The lowest BCUT2D eigenvalue weighted by Gasteiger charge is -2.29. The Morgan fingerprint density at radius 1 is 1.20 bits per heavy atom. The van der Waals surface area contributed by atoms with Crippen LogP contribution in [0, 0.1) is 5.82 Å². The van der Waals surface area contributed by atoms with Crippen LogP contribution in [0.15, 0.2) is 75.7 Å². The van der Waals surface area contributed by atoms with E-state index in [1.165, 1.54) is 30.6 Å². The highest BCUT2D eigenvalue weighted by atomic mass is 19.4.